The van der Waals surface area contributed by atoms with Gasteiger partial charge in [-0.2, -0.15) is 0 Å². The summed E-state index contributed by atoms with van der Waals surface area (Å²) in [6.07, 6.45) is 0.232. The Morgan fingerprint density at radius 3 is 2.65 bits per heavy atom. The lowest BCUT2D eigenvalue weighted by Gasteiger charge is -2.48. The molecule has 0 radical (unpaired) electrons. The fraction of sp³-hybridized carbons (Fsp3) is 0.533. The van der Waals surface area contributed by atoms with Crippen LogP contribution >= 0.6 is 0 Å². The zero-order chi connectivity index (χ0) is 15.1. The van der Waals surface area contributed by atoms with Gasteiger partial charge in [-0.15, -0.1) is 6.58 Å². The standard InChI is InChI=1S/C15H20O5/c1-4-15(7-17)5-10(18)11-9(3)14(19)20-13(11)12(15)8(2)6-16/h4,10-13,16-18H,1-3,5-7H2. The molecule has 1 saturated heterocycles. The van der Waals surface area contributed by atoms with Gasteiger partial charge in [0.1, 0.15) is 6.10 Å². The lowest BCUT2D eigenvalue weighted by atomic mass is 9.58. The molecule has 3 N–H and O–H groups in total. The number of ether oxygens (including phenoxy) is 1. The van der Waals surface area contributed by atoms with Crippen LogP contribution in [0.1, 0.15) is 6.42 Å². The van der Waals surface area contributed by atoms with Crippen LogP contribution in [-0.2, 0) is 9.53 Å². The van der Waals surface area contributed by atoms with Crippen molar-refractivity contribution in [2.75, 3.05) is 13.2 Å². The van der Waals surface area contributed by atoms with E-state index in [1.165, 1.54) is 0 Å². The van der Waals surface area contributed by atoms with Crippen LogP contribution in [0.5, 0.6) is 0 Å². The molecule has 20 heavy (non-hydrogen) atoms. The van der Waals surface area contributed by atoms with Crippen LogP contribution in [0.4, 0.5) is 0 Å². The lowest BCUT2D eigenvalue weighted by Crippen LogP contribution is -2.53. The molecule has 110 valence electrons. The van der Waals surface area contributed by atoms with Crippen molar-refractivity contribution in [2.24, 2.45) is 17.3 Å². The number of carbonyl (C=O) groups is 1. The molecule has 5 heteroatoms. The predicted octanol–water partition coefficient (Wildman–Crippen LogP) is 0.178. The molecule has 0 aromatic rings. The number of hydrogen-bond donors (Lipinski definition) is 3. The average Bonchev–Trinajstić information content (AvgIpc) is 2.73. The van der Waals surface area contributed by atoms with E-state index in [0.29, 0.717) is 5.57 Å². The van der Waals surface area contributed by atoms with Gasteiger partial charge < -0.3 is 20.1 Å². The zero-order valence-corrected chi connectivity index (χ0v) is 11.3. The summed E-state index contributed by atoms with van der Waals surface area (Å²) in [5.74, 6) is -1.57. The van der Waals surface area contributed by atoms with Crippen LogP contribution in [-0.4, -0.2) is 46.7 Å². The van der Waals surface area contributed by atoms with Crippen molar-refractivity contribution in [1.82, 2.24) is 0 Å². The fourth-order valence-electron chi connectivity index (χ4n) is 3.48. The third-order valence-electron chi connectivity index (χ3n) is 4.56. The maximum absolute atomic E-state index is 11.7. The van der Waals surface area contributed by atoms with Gasteiger partial charge in [-0.25, -0.2) is 4.79 Å². The van der Waals surface area contributed by atoms with Crippen molar-refractivity contribution in [1.29, 1.82) is 0 Å². The topological polar surface area (TPSA) is 87.0 Å². The quantitative estimate of drug-likeness (QED) is 0.388. The number of fused-ring (bicyclic) bond motifs is 1. The second-order valence-electron chi connectivity index (χ2n) is 5.58. The van der Waals surface area contributed by atoms with Gasteiger partial charge in [-0.3, -0.25) is 0 Å². The Morgan fingerprint density at radius 2 is 2.15 bits per heavy atom. The molecule has 1 aliphatic carbocycles. The minimum Gasteiger partial charge on any atom is -0.458 e. The number of carbonyl (C=O) groups excluding carboxylic acids is 1. The summed E-state index contributed by atoms with van der Waals surface area (Å²) in [6.45, 7) is 10.6. The minimum absolute atomic E-state index is 0.216. The lowest BCUT2D eigenvalue weighted by molar-refractivity contribution is -0.148. The SMILES string of the molecule is C=CC1(CO)CC(O)C2C(=C)C(=O)OC2C1C(=C)CO. The molecule has 0 bridgehead atoms. The molecule has 1 aliphatic heterocycles. The van der Waals surface area contributed by atoms with Crippen molar-refractivity contribution in [2.45, 2.75) is 18.6 Å². The first-order chi connectivity index (χ1) is 9.41. The van der Waals surface area contributed by atoms with Crippen LogP contribution in [0.15, 0.2) is 37.0 Å². The first-order valence-corrected chi connectivity index (χ1v) is 6.52. The van der Waals surface area contributed by atoms with Crippen LogP contribution in [0, 0.1) is 17.3 Å². The highest BCUT2D eigenvalue weighted by Crippen LogP contribution is 2.52. The third-order valence-corrected chi connectivity index (χ3v) is 4.56. The van der Waals surface area contributed by atoms with E-state index in [1.54, 1.807) is 6.08 Å². The Hall–Kier alpha value is -1.43. The van der Waals surface area contributed by atoms with Gasteiger partial charge in [0.15, 0.2) is 0 Å². The number of aliphatic hydroxyl groups is 3. The smallest absolute Gasteiger partial charge is 0.334 e. The summed E-state index contributed by atoms with van der Waals surface area (Å²) < 4.78 is 5.31. The highest BCUT2D eigenvalue weighted by molar-refractivity contribution is 5.91. The van der Waals surface area contributed by atoms with Crippen LogP contribution in [0.3, 0.4) is 0 Å². The Morgan fingerprint density at radius 1 is 1.50 bits per heavy atom. The number of esters is 1. The summed E-state index contributed by atoms with van der Waals surface area (Å²) in [4.78, 5) is 11.7. The molecule has 0 aromatic carbocycles. The zero-order valence-electron chi connectivity index (χ0n) is 11.3. The molecule has 1 heterocycles. The first kappa shape index (κ1) is 15.0. The highest BCUT2D eigenvalue weighted by atomic mass is 16.6. The van der Waals surface area contributed by atoms with Gasteiger partial charge in [-0.05, 0) is 12.0 Å². The van der Waals surface area contributed by atoms with Gasteiger partial charge in [0.2, 0.25) is 0 Å². The van der Waals surface area contributed by atoms with Crippen molar-refractivity contribution in [3.8, 4) is 0 Å². The van der Waals surface area contributed by atoms with Gasteiger partial charge in [0, 0.05) is 16.9 Å². The fourth-order valence-corrected chi connectivity index (χ4v) is 3.48. The molecule has 5 atom stereocenters. The summed E-state index contributed by atoms with van der Waals surface area (Å²) in [5, 5.41) is 29.4. The molecule has 0 aromatic heterocycles. The van der Waals surface area contributed by atoms with E-state index in [0.717, 1.165) is 0 Å². The van der Waals surface area contributed by atoms with Gasteiger partial charge in [0.05, 0.1) is 25.2 Å². The van der Waals surface area contributed by atoms with E-state index >= 15 is 0 Å². The van der Waals surface area contributed by atoms with Gasteiger partial charge >= 0.3 is 5.97 Å². The van der Waals surface area contributed by atoms with Crippen molar-refractivity contribution in [3.63, 3.8) is 0 Å². The Bertz CT molecular complexity index is 469. The normalized spacial score (nSPS) is 40.1. The molecular weight excluding hydrogens is 260 g/mol. The number of rotatable bonds is 4. The Kier molecular flexibility index (Phi) is 3.86. The van der Waals surface area contributed by atoms with Gasteiger partial charge in [-0.1, -0.05) is 19.2 Å². The number of hydrogen-bond acceptors (Lipinski definition) is 5. The second-order valence-corrected chi connectivity index (χ2v) is 5.58. The van der Waals surface area contributed by atoms with Crippen molar-refractivity contribution >= 4 is 5.97 Å². The largest absolute Gasteiger partial charge is 0.458 e. The van der Waals surface area contributed by atoms with E-state index in [2.05, 4.69) is 19.7 Å². The molecular formula is C15H20O5. The molecule has 2 aliphatic rings. The predicted molar refractivity (Wildman–Crippen MR) is 72.6 cm³/mol. The third kappa shape index (κ3) is 1.93. The second kappa shape index (κ2) is 5.16. The molecule has 5 nitrogen and oxygen atoms in total. The van der Waals surface area contributed by atoms with E-state index in [4.69, 9.17) is 4.74 Å². The van der Waals surface area contributed by atoms with Crippen molar-refractivity contribution in [3.05, 3.63) is 37.0 Å². The summed E-state index contributed by atoms with van der Waals surface area (Å²) in [5.41, 5.74) is -0.192. The first-order valence-electron chi connectivity index (χ1n) is 6.52. The molecule has 2 rings (SSSR count). The summed E-state index contributed by atoms with van der Waals surface area (Å²) in [7, 11) is 0. The average molecular weight is 280 g/mol. The van der Waals surface area contributed by atoms with Crippen LogP contribution < -0.4 is 0 Å². The Balaban J connectivity index is 2.50. The van der Waals surface area contributed by atoms with Gasteiger partial charge in [0.25, 0.3) is 0 Å². The summed E-state index contributed by atoms with van der Waals surface area (Å²) >= 11 is 0. The molecule has 1 saturated carbocycles. The number of aliphatic hydroxyl groups excluding tert-OH is 3. The molecule has 5 unspecified atom stereocenters. The van der Waals surface area contributed by atoms with Crippen molar-refractivity contribution < 1.29 is 24.9 Å². The molecule has 0 spiro atoms. The molecule has 0 amide bonds. The van der Waals surface area contributed by atoms with E-state index in [1.807, 2.05) is 0 Å². The van der Waals surface area contributed by atoms with E-state index in [9.17, 15) is 20.1 Å². The summed E-state index contributed by atoms with van der Waals surface area (Å²) in [6, 6.07) is 0. The maximum Gasteiger partial charge on any atom is 0.334 e. The Labute approximate surface area is 117 Å². The van der Waals surface area contributed by atoms with Crippen LogP contribution in [0.2, 0.25) is 0 Å². The van der Waals surface area contributed by atoms with E-state index in [-0.39, 0.29) is 25.2 Å². The monoisotopic (exact) mass is 280 g/mol. The highest BCUT2D eigenvalue weighted by Gasteiger charge is 2.58. The van der Waals surface area contributed by atoms with Crippen LogP contribution in [0.25, 0.3) is 0 Å². The molecule has 2 fully saturated rings. The maximum atomic E-state index is 11.7. The van der Waals surface area contributed by atoms with E-state index < -0.39 is 35.4 Å². The minimum atomic E-state index is -0.870.